The van der Waals surface area contributed by atoms with Crippen LogP contribution in [0.4, 0.5) is 11.4 Å². The minimum Gasteiger partial charge on any atom is -0.378 e. The topological polar surface area (TPSA) is 52.7 Å². The summed E-state index contributed by atoms with van der Waals surface area (Å²) in [7, 11) is 4.02. The van der Waals surface area contributed by atoms with Crippen molar-refractivity contribution in [1.82, 2.24) is 4.90 Å². The summed E-state index contributed by atoms with van der Waals surface area (Å²) >= 11 is 0. The molecule has 5 rings (SSSR count). The third-order valence-electron chi connectivity index (χ3n) is 8.33. The second kappa shape index (κ2) is 11.4. The average Bonchev–Trinajstić information content (AvgIpc) is 2.96. The van der Waals surface area contributed by atoms with E-state index in [0.29, 0.717) is 13.0 Å². The molecule has 1 aliphatic heterocycles. The van der Waals surface area contributed by atoms with E-state index in [4.69, 9.17) is 0 Å². The van der Waals surface area contributed by atoms with Crippen molar-refractivity contribution in [2.45, 2.75) is 52.0 Å². The summed E-state index contributed by atoms with van der Waals surface area (Å²) in [4.78, 5) is 32.5. The summed E-state index contributed by atoms with van der Waals surface area (Å²) in [6, 6.07) is 28.1. The monoisotopic (exact) mass is 547 g/mol. The molecule has 1 N–H and O–H groups in total. The second-order valence-electron chi connectivity index (χ2n) is 12.5. The molecule has 1 saturated heterocycles. The minimum atomic E-state index is -0.383. The lowest BCUT2D eigenvalue weighted by atomic mass is 9.82. The maximum absolute atomic E-state index is 14.5. The quantitative estimate of drug-likeness (QED) is 0.278. The van der Waals surface area contributed by atoms with Crippen molar-refractivity contribution in [1.29, 1.82) is 0 Å². The Morgan fingerprint density at radius 3 is 2.34 bits per heavy atom. The van der Waals surface area contributed by atoms with Gasteiger partial charge < -0.3 is 15.1 Å². The zero-order valence-corrected chi connectivity index (χ0v) is 25.1. The number of amides is 2. The summed E-state index contributed by atoms with van der Waals surface area (Å²) < 4.78 is 0. The average molecular weight is 548 g/mol. The van der Waals surface area contributed by atoms with Gasteiger partial charge in [0.25, 0.3) is 5.91 Å². The van der Waals surface area contributed by atoms with E-state index >= 15 is 0 Å². The van der Waals surface area contributed by atoms with Gasteiger partial charge in [0.05, 0.1) is 17.5 Å². The standard InChI is InChI=1S/C36H41N3O2/c1-24-16-17-25-11-7-8-14-30(25)32(24)35(41)39-22-10-15-31(33(39)26-18-20-29(21-19-26)38(5)6)34(40)37-28-13-9-12-27(23-28)36(2,3)4/h7-9,11-14,16-21,23,31,33H,10,15,22H2,1-6H3,(H,37,40)/t31-,33-/m0/s1. The number of aryl methyl sites for hydroxylation is 1. The number of hydrogen-bond acceptors (Lipinski definition) is 3. The number of nitrogens with zero attached hydrogens (tertiary/aromatic N) is 2. The van der Waals surface area contributed by atoms with Crippen molar-refractivity contribution in [3.63, 3.8) is 0 Å². The number of anilines is 2. The Morgan fingerprint density at radius 1 is 0.902 bits per heavy atom. The normalized spacial score (nSPS) is 17.4. The molecule has 1 heterocycles. The highest BCUT2D eigenvalue weighted by Gasteiger charge is 2.40. The van der Waals surface area contributed by atoms with Crippen LogP contribution in [0.1, 0.15) is 66.7 Å². The molecule has 0 aliphatic carbocycles. The number of likely N-dealkylation sites (tertiary alicyclic amines) is 1. The van der Waals surface area contributed by atoms with Crippen LogP contribution in [0.3, 0.4) is 0 Å². The van der Waals surface area contributed by atoms with E-state index in [9.17, 15) is 9.59 Å². The highest BCUT2D eigenvalue weighted by atomic mass is 16.2. The highest BCUT2D eigenvalue weighted by Crippen LogP contribution is 2.39. The van der Waals surface area contributed by atoms with E-state index in [1.165, 1.54) is 0 Å². The molecular weight excluding hydrogens is 506 g/mol. The lowest BCUT2D eigenvalue weighted by molar-refractivity contribution is -0.123. The Balaban J connectivity index is 1.55. The van der Waals surface area contributed by atoms with Gasteiger partial charge in [-0.25, -0.2) is 0 Å². The van der Waals surface area contributed by atoms with Crippen molar-refractivity contribution in [3.05, 3.63) is 107 Å². The molecule has 0 radical (unpaired) electrons. The van der Waals surface area contributed by atoms with Gasteiger partial charge in [-0.1, -0.05) is 81.4 Å². The molecule has 0 spiro atoms. The van der Waals surface area contributed by atoms with Gasteiger partial charge >= 0.3 is 0 Å². The van der Waals surface area contributed by atoms with Gasteiger partial charge in [-0.2, -0.15) is 0 Å². The lowest BCUT2D eigenvalue weighted by Gasteiger charge is -2.41. The molecule has 1 fully saturated rings. The van der Waals surface area contributed by atoms with Crippen LogP contribution in [0, 0.1) is 12.8 Å². The Morgan fingerprint density at radius 2 is 1.63 bits per heavy atom. The van der Waals surface area contributed by atoms with Crippen LogP contribution in [0.2, 0.25) is 0 Å². The number of carbonyl (C=O) groups excluding carboxylic acids is 2. The Bertz CT molecular complexity index is 1570. The summed E-state index contributed by atoms with van der Waals surface area (Å²) in [5, 5.41) is 5.20. The Kier molecular flexibility index (Phi) is 7.90. The minimum absolute atomic E-state index is 0.0202. The van der Waals surface area contributed by atoms with Gasteiger partial charge in [0.1, 0.15) is 0 Å². The van der Waals surface area contributed by atoms with Crippen molar-refractivity contribution < 1.29 is 9.59 Å². The van der Waals surface area contributed by atoms with Crippen LogP contribution in [-0.4, -0.2) is 37.4 Å². The van der Waals surface area contributed by atoms with E-state index in [-0.39, 0.29) is 29.2 Å². The molecule has 212 valence electrons. The molecule has 0 aromatic heterocycles. The third kappa shape index (κ3) is 5.85. The van der Waals surface area contributed by atoms with Gasteiger partial charge in [-0.15, -0.1) is 0 Å². The zero-order chi connectivity index (χ0) is 29.3. The predicted octanol–water partition coefficient (Wildman–Crippen LogP) is 7.74. The zero-order valence-electron chi connectivity index (χ0n) is 25.1. The fraction of sp³-hybridized carbons (Fsp3) is 0.333. The predicted molar refractivity (Wildman–Crippen MR) is 170 cm³/mol. The maximum Gasteiger partial charge on any atom is 0.255 e. The van der Waals surface area contributed by atoms with Crippen LogP contribution >= 0.6 is 0 Å². The fourth-order valence-corrected chi connectivity index (χ4v) is 5.99. The molecule has 1 aliphatic rings. The van der Waals surface area contributed by atoms with Crippen LogP contribution < -0.4 is 10.2 Å². The van der Waals surface area contributed by atoms with E-state index < -0.39 is 0 Å². The number of fused-ring (bicyclic) bond motifs is 1. The van der Waals surface area contributed by atoms with Gasteiger partial charge in [-0.05, 0) is 76.9 Å². The van der Waals surface area contributed by atoms with Crippen molar-refractivity contribution in [2.24, 2.45) is 5.92 Å². The molecule has 2 amide bonds. The second-order valence-corrected chi connectivity index (χ2v) is 12.5. The molecule has 0 unspecified atom stereocenters. The van der Waals surface area contributed by atoms with E-state index in [1.807, 2.05) is 68.4 Å². The third-order valence-corrected chi connectivity index (χ3v) is 8.33. The fourth-order valence-electron chi connectivity index (χ4n) is 5.99. The number of nitrogens with one attached hydrogen (secondary N) is 1. The molecule has 5 heteroatoms. The number of benzene rings is 4. The van der Waals surface area contributed by atoms with Crippen LogP contribution in [0.5, 0.6) is 0 Å². The molecule has 5 nitrogen and oxygen atoms in total. The first-order chi connectivity index (χ1) is 19.5. The lowest BCUT2D eigenvalue weighted by Crippen LogP contribution is -2.46. The van der Waals surface area contributed by atoms with Crippen molar-refractivity contribution in [2.75, 3.05) is 30.9 Å². The Labute approximate surface area is 244 Å². The van der Waals surface area contributed by atoms with E-state index in [1.54, 1.807) is 0 Å². The molecule has 41 heavy (non-hydrogen) atoms. The number of rotatable bonds is 5. The SMILES string of the molecule is Cc1ccc2ccccc2c1C(=O)N1CCC[C@H](C(=O)Nc2cccc(C(C)(C)C)c2)[C@@H]1c1ccc(N(C)C)cc1. The molecular formula is C36H41N3O2. The summed E-state index contributed by atoms with van der Waals surface area (Å²) in [6.45, 7) is 9.10. The van der Waals surface area contributed by atoms with Crippen LogP contribution in [0.25, 0.3) is 10.8 Å². The number of piperidine rings is 1. The molecule has 0 bridgehead atoms. The van der Waals surface area contributed by atoms with Gasteiger partial charge in [0.2, 0.25) is 5.91 Å². The maximum atomic E-state index is 14.5. The molecule has 4 aromatic carbocycles. The van der Waals surface area contributed by atoms with E-state index in [0.717, 1.165) is 50.8 Å². The summed E-state index contributed by atoms with van der Waals surface area (Å²) in [6.07, 6.45) is 1.48. The number of carbonyl (C=O) groups is 2. The molecule has 0 saturated carbocycles. The smallest absolute Gasteiger partial charge is 0.255 e. The van der Waals surface area contributed by atoms with Crippen LogP contribution in [0.15, 0.2) is 84.9 Å². The first-order valence-corrected chi connectivity index (χ1v) is 14.5. The van der Waals surface area contributed by atoms with Gasteiger partial charge in [0, 0.05) is 32.0 Å². The summed E-state index contributed by atoms with van der Waals surface area (Å²) in [5.74, 6) is -0.454. The van der Waals surface area contributed by atoms with Crippen LogP contribution in [-0.2, 0) is 10.2 Å². The summed E-state index contributed by atoms with van der Waals surface area (Å²) in [5.41, 5.74) is 5.65. The highest BCUT2D eigenvalue weighted by molar-refractivity contribution is 6.08. The largest absolute Gasteiger partial charge is 0.378 e. The van der Waals surface area contributed by atoms with Gasteiger partial charge in [-0.3, -0.25) is 9.59 Å². The van der Waals surface area contributed by atoms with Gasteiger partial charge in [0.15, 0.2) is 0 Å². The molecule has 2 atom stereocenters. The first-order valence-electron chi connectivity index (χ1n) is 14.5. The molecule has 4 aromatic rings. The van der Waals surface area contributed by atoms with Crippen molar-refractivity contribution in [3.8, 4) is 0 Å². The van der Waals surface area contributed by atoms with E-state index in [2.05, 4.69) is 73.5 Å². The first kappa shape index (κ1) is 28.4. The van der Waals surface area contributed by atoms with Crippen molar-refractivity contribution >= 4 is 34.0 Å². The Hall–Kier alpha value is -4.12. The number of hydrogen-bond donors (Lipinski definition) is 1.